The molecule has 0 atom stereocenters. The lowest BCUT2D eigenvalue weighted by atomic mass is 9.99. The number of nitrogens with one attached hydrogen (secondary N) is 1. The number of rotatable bonds is 5. The van der Waals surface area contributed by atoms with E-state index in [0.29, 0.717) is 11.3 Å². The minimum atomic E-state index is -0.584. The Balaban J connectivity index is 2.13. The zero-order valence-electron chi connectivity index (χ0n) is 14.8. The zero-order chi connectivity index (χ0) is 19.4. The van der Waals surface area contributed by atoms with E-state index in [1.807, 2.05) is 30.3 Å². The number of carbonyl (C=O) groups is 3. The van der Waals surface area contributed by atoms with Crippen molar-refractivity contribution in [1.29, 1.82) is 0 Å². The Morgan fingerprint density at radius 1 is 0.778 bits per heavy atom. The van der Waals surface area contributed by atoms with E-state index in [1.165, 1.54) is 26.0 Å². The van der Waals surface area contributed by atoms with E-state index >= 15 is 0 Å². The first-order valence-electron chi connectivity index (χ1n) is 8.24. The number of H-pyrrole nitrogens is 1. The molecule has 0 aliphatic rings. The molecule has 136 valence electrons. The van der Waals surface area contributed by atoms with Crippen LogP contribution in [0.3, 0.4) is 0 Å². The molecule has 3 rings (SSSR count). The van der Waals surface area contributed by atoms with Crippen LogP contribution in [0.1, 0.15) is 29.9 Å². The molecule has 1 N–H and O–H groups in total. The summed E-state index contributed by atoms with van der Waals surface area (Å²) in [6, 6.07) is 15.7. The summed E-state index contributed by atoms with van der Waals surface area (Å²) in [5.41, 5.74) is 1.84. The van der Waals surface area contributed by atoms with Gasteiger partial charge in [-0.05, 0) is 23.8 Å². The number of carbonyl (C=O) groups excluding carboxylic acids is 3. The third kappa shape index (κ3) is 3.95. The average molecular weight is 363 g/mol. The molecule has 0 amide bonds. The second kappa shape index (κ2) is 7.70. The molecule has 6 heteroatoms. The monoisotopic (exact) mass is 363 g/mol. The van der Waals surface area contributed by atoms with Crippen LogP contribution in [0.15, 0.2) is 60.8 Å². The van der Waals surface area contributed by atoms with Crippen LogP contribution in [-0.4, -0.2) is 22.7 Å². The molecule has 0 saturated heterocycles. The molecular formula is C21H17NO5. The number of benzene rings is 2. The Hall–Kier alpha value is -3.67. The lowest BCUT2D eigenvalue weighted by Crippen LogP contribution is -2.13. The van der Waals surface area contributed by atoms with Crippen LogP contribution in [0.25, 0.3) is 11.1 Å². The SMILES string of the molecule is CC(=O)Oc1cccc(OC(C)=O)c1C(=O)c1[nH]ccc1-c1ccccc1. The summed E-state index contributed by atoms with van der Waals surface area (Å²) < 4.78 is 10.3. The number of hydrogen-bond acceptors (Lipinski definition) is 5. The largest absolute Gasteiger partial charge is 0.426 e. The van der Waals surface area contributed by atoms with E-state index < -0.39 is 17.7 Å². The number of ether oxygens (including phenoxy) is 2. The van der Waals surface area contributed by atoms with Gasteiger partial charge in [-0.25, -0.2) is 0 Å². The Morgan fingerprint density at radius 3 is 1.93 bits per heavy atom. The van der Waals surface area contributed by atoms with Crippen molar-refractivity contribution >= 4 is 17.7 Å². The molecule has 0 saturated carbocycles. The molecule has 0 unspecified atom stereocenters. The lowest BCUT2D eigenvalue weighted by Gasteiger charge is -2.13. The van der Waals surface area contributed by atoms with Gasteiger partial charge < -0.3 is 14.5 Å². The zero-order valence-corrected chi connectivity index (χ0v) is 14.8. The van der Waals surface area contributed by atoms with Gasteiger partial charge in [0.15, 0.2) is 0 Å². The van der Waals surface area contributed by atoms with Gasteiger partial charge >= 0.3 is 11.9 Å². The number of aromatic nitrogens is 1. The highest BCUT2D eigenvalue weighted by Gasteiger charge is 2.25. The molecule has 1 aromatic heterocycles. The molecule has 3 aromatic rings. The summed E-state index contributed by atoms with van der Waals surface area (Å²) in [5.74, 6) is -1.57. The first kappa shape index (κ1) is 18.1. The predicted molar refractivity (Wildman–Crippen MR) is 98.7 cm³/mol. The highest BCUT2D eigenvalue weighted by molar-refractivity contribution is 6.15. The van der Waals surface area contributed by atoms with Crippen molar-refractivity contribution < 1.29 is 23.9 Å². The van der Waals surface area contributed by atoms with E-state index in [4.69, 9.17) is 9.47 Å². The Morgan fingerprint density at radius 2 is 1.37 bits per heavy atom. The Kier molecular flexibility index (Phi) is 5.17. The summed E-state index contributed by atoms with van der Waals surface area (Å²) in [5, 5.41) is 0. The van der Waals surface area contributed by atoms with Crippen LogP contribution >= 0.6 is 0 Å². The smallest absolute Gasteiger partial charge is 0.308 e. The molecule has 0 aliphatic carbocycles. The van der Waals surface area contributed by atoms with E-state index in [9.17, 15) is 14.4 Å². The van der Waals surface area contributed by atoms with E-state index in [2.05, 4.69) is 4.98 Å². The molecule has 1 heterocycles. The van der Waals surface area contributed by atoms with Crippen molar-refractivity contribution in [1.82, 2.24) is 4.98 Å². The van der Waals surface area contributed by atoms with Gasteiger partial charge in [-0.2, -0.15) is 0 Å². The van der Waals surface area contributed by atoms with Crippen LogP contribution in [-0.2, 0) is 9.59 Å². The van der Waals surface area contributed by atoms with Gasteiger partial charge in [-0.3, -0.25) is 14.4 Å². The number of hydrogen-bond donors (Lipinski definition) is 1. The van der Waals surface area contributed by atoms with Crippen LogP contribution in [0.5, 0.6) is 11.5 Å². The molecule has 2 aromatic carbocycles. The summed E-state index contributed by atoms with van der Waals surface area (Å²) in [6.07, 6.45) is 1.65. The van der Waals surface area contributed by atoms with Gasteiger partial charge in [0.1, 0.15) is 17.1 Å². The standard InChI is InChI=1S/C21H17NO5/c1-13(23)26-17-9-6-10-18(27-14(2)24)19(17)21(25)20-16(11-12-22-20)15-7-4-3-5-8-15/h3-12,22H,1-2H3. The third-order valence-electron chi connectivity index (χ3n) is 3.78. The second-order valence-electron chi connectivity index (χ2n) is 5.78. The topological polar surface area (TPSA) is 85.5 Å². The van der Waals surface area contributed by atoms with Gasteiger partial charge in [-0.15, -0.1) is 0 Å². The first-order chi connectivity index (χ1) is 13.0. The van der Waals surface area contributed by atoms with Gasteiger partial charge in [0, 0.05) is 25.6 Å². The van der Waals surface area contributed by atoms with Crippen molar-refractivity contribution in [3.05, 3.63) is 72.1 Å². The summed E-state index contributed by atoms with van der Waals surface area (Å²) in [7, 11) is 0. The van der Waals surface area contributed by atoms with E-state index in [0.717, 1.165) is 5.56 Å². The summed E-state index contributed by atoms with van der Waals surface area (Å²) >= 11 is 0. The number of esters is 2. The second-order valence-corrected chi connectivity index (χ2v) is 5.78. The Bertz CT molecular complexity index is 970. The fourth-order valence-electron chi connectivity index (χ4n) is 2.76. The van der Waals surface area contributed by atoms with Crippen molar-refractivity contribution in [2.24, 2.45) is 0 Å². The van der Waals surface area contributed by atoms with Crippen molar-refractivity contribution in [2.45, 2.75) is 13.8 Å². The minimum Gasteiger partial charge on any atom is -0.426 e. The number of aromatic amines is 1. The van der Waals surface area contributed by atoms with Crippen LogP contribution in [0.4, 0.5) is 0 Å². The highest BCUT2D eigenvalue weighted by atomic mass is 16.5. The van der Waals surface area contributed by atoms with Gasteiger partial charge in [-0.1, -0.05) is 36.4 Å². The molecule has 0 spiro atoms. The maximum atomic E-state index is 13.3. The van der Waals surface area contributed by atoms with Crippen molar-refractivity contribution in [3.8, 4) is 22.6 Å². The molecule has 0 radical (unpaired) electrons. The molecule has 6 nitrogen and oxygen atoms in total. The normalized spacial score (nSPS) is 10.3. The lowest BCUT2D eigenvalue weighted by molar-refractivity contribution is -0.132. The summed E-state index contributed by atoms with van der Waals surface area (Å²) in [4.78, 5) is 39.1. The van der Waals surface area contributed by atoms with Gasteiger partial charge in [0.05, 0.1) is 5.69 Å². The quantitative estimate of drug-likeness (QED) is 0.424. The van der Waals surface area contributed by atoms with Crippen LogP contribution in [0, 0.1) is 0 Å². The maximum Gasteiger partial charge on any atom is 0.308 e. The minimum absolute atomic E-state index is 0.00234. The fraction of sp³-hybridized carbons (Fsp3) is 0.0952. The van der Waals surface area contributed by atoms with Crippen molar-refractivity contribution in [2.75, 3.05) is 0 Å². The van der Waals surface area contributed by atoms with Gasteiger partial charge in [0.25, 0.3) is 0 Å². The van der Waals surface area contributed by atoms with Gasteiger partial charge in [0.2, 0.25) is 5.78 Å². The molecular weight excluding hydrogens is 346 g/mol. The molecule has 27 heavy (non-hydrogen) atoms. The average Bonchev–Trinajstić information content (AvgIpc) is 3.11. The first-order valence-corrected chi connectivity index (χ1v) is 8.24. The number of ketones is 1. The van der Waals surface area contributed by atoms with E-state index in [1.54, 1.807) is 18.3 Å². The fourth-order valence-corrected chi connectivity index (χ4v) is 2.76. The maximum absolute atomic E-state index is 13.3. The van der Waals surface area contributed by atoms with Crippen LogP contribution in [0.2, 0.25) is 0 Å². The Labute approximate surface area is 155 Å². The molecule has 0 fully saturated rings. The van der Waals surface area contributed by atoms with Crippen LogP contribution < -0.4 is 9.47 Å². The third-order valence-corrected chi connectivity index (χ3v) is 3.78. The highest BCUT2D eigenvalue weighted by Crippen LogP contribution is 2.34. The molecule has 0 aliphatic heterocycles. The summed E-state index contributed by atoms with van der Waals surface area (Å²) in [6.45, 7) is 2.47. The van der Waals surface area contributed by atoms with E-state index in [-0.39, 0.29) is 17.1 Å². The predicted octanol–water partition coefficient (Wildman–Crippen LogP) is 3.76. The van der Waals surface area contributed by atoms with Crippen molar-refractivity contribution in [3.63, 3.8) is 0 Å². The molecule has 0 bridgehead atoms.